The molecule has 0 saturated carbocycles. The van der Waals surface area contributed by atoms with Gasteiger partial charge in [-0.3, -0.25) is 0 Å². The van der Waals surface area contributed by atoms with Crippen molar-refractivity contribution in [3.8, 4) is 67.3 Å². The Labute approximate surface area is 337 Å². The van der Waals surface area contributed by atoms with E-state index in [0.717, 1.165) is 39.2 Å². The van der Waals surface area contributed by atoms with E-state index < -0.39 is 0 Å². The maximum Gasteiger partial charge on any atom is 0.160 e. The zero-order valence-corrected chi connectivity index (χ0v) is 31.7. The van der Waals surface area contributed by atoms with Crippen LogP contribution in [0.3, 0.4) is 0 Å². The maximum absolute atomic E-state index is 5.14. The van der Waals surface area contributed by atoms with Crippen LogP contribution in [-0.2, 0) is 0 Å². The van der Waals surface area contributed by atoms with Crippen molar-refractivity contribution in [2.75, 3.05) is 0 Å². The fourth-order valence-electron chi connectivity index (χ4n) is 8.65. The molecule has 11 aromatic rings. The van der Waals surface area contributed by atoms with Gasteiger partial charge in [-0.15, -0.1) is 0 Å². The molecule has 0 aliphatic rings. The van der Waals surface area contributed by atoms with E-state index in [1.807, 2.05) is 24.3 Å². The fraction of sp³-hybridized carbons (Fsp3) is 0. The van der Waals surface area contributed by atoms with Crippen molar-refractivity contribution >= 4 is 43.1 Å². The normalized spacial score (nSPS) is 11.4. The molecule has 0 radical (unpaired) electrons. The topological polar surface area (TPSA) is 25.8 Å². The second-order valence-electron chi connectivity index (χ2n) is 14.9. The van der Waals surface area contributed by atoms with Gasteiger partial charge in [-0.05, 0) is 94.7 Å². The molecule has 0 bridgehead atoms. The molecule has 58 heavy (non-hydrogen) atoms. The van der Waals surface area contributed by atoms with Crippen molar-refractivity contribution in [3.63, 3.8) is 0 Å². The standard InChI is InChI=1S/C56H36N2/c1-3-14-37(15-4-1)42-20-13-21-44(34-42)54-36-53(57-56(58-54)41-17-5-2-6-18-41)40-28-26-39(27-29-40)46-32-33-50(49-25-12-11-24-48(46)49)55-47-23-10-8-19-43(47)35-52-45-22-9-7-16-38(45)30-31-51(52)55/h1-36H. The minimum Gasteiger partial charge on any atom is -0.228 e. The summed E-state index contributed by atoms with van der Waals surface area (Å²) < 4.78 is 0. The summed E-state index contributed by atoms with van der Waals surface area (Å²) in [5.74, 6) is 0.706. The zero-order valence-electron chi connectivity index (χ0n) is 31.7. The number of benzene rings is 10. The highest BCUT2D eigenvalue weighted by Gasteiger charge is 2.17. The number of fused-ring (bicyclic) bond motifs is 5. The summed E-state index contributed by atoms with van der Waals surface area (Å²) in [6, 6.07) is 78.3. The van der Waals surface area contributed by atoms with Crippen molar-refractivity contribution in [2.45, 2.75) is 0 Å². The molecule has 2 nitrogen and oxygen atoms in total. The monoisotopic (exact) mass is 736 g/mol. The first-order valence-electron chi connectivity index (χ1n) is 19.8. The molecule has 2 heteroatoms. The van der Waals surface area contributed by atoms with Crippen molar-refractivity contribution in [2.24, 2.45) is 0 Å². The lowest BCUT2D eigenvalue weighted by molar-refractivity contribution is 1.18. The molecule has 0 amide bonds. The number of hydrogen-bond acceptors (Lipinski definition) is 2. The Morgan fingerprint density at radius 2 is 0.793 bits per heavy atom. The highest BCUT2D eigenvalue weighted by molar-refractivity contribution is 6.23. The van der Waals surface area contributed by atoms with Gasteiger partial charge >= 0.3 is 0 Å². The lowest BCUT2D eigenvalue weighted by Gasteiger charge is -2.17. The lowest BCUT2D eigenvalue weighted by atomic mass is 9.86. The van der Waals surface area contributed by atoms with Crippen LogP contribution in [0.25, 0.3) is 110 Å². The van der Waals surface area contributed by atoms with Crippen LogP contribution in [0.4, 0.5) is 0 Å². The highest BCUT2D eigenvalue weighted by atomic mass is 14.9. The number of aromatic nitrogens is 2. The smallest absolute Gasteiger partial charge is 0.160 e. The van der Waals surface area contributed by atoms with Gasteiger partial charge < -0.3 is 0 Å². The molecule has 11 rings (SSSR count). The maximum atomic E-state index is 5.14. The van der Waals surface area contributed by atoms with Crippen LogP contribution >= 0.6 is 0 Å². The third-order valence-corrected chi connectivity index (χ3v) is 11.5. The largest absolute Gasteiger partial charge is 0.228 e. The Bertz CT molecular complexity index is 3310. The summed E-state index contributed by atoms with van der Waals surface area (Å²) in [6.45, 7) is 0. The molecule has 0 N–H and O–H groups in total. The van der Waals surface area contributed by atoms with E-state index in [1.165, 1.54) is 65.3 Å². The zero-order chi connectivity index (χ0) is 38.4. The minimum atomic E-state index is 0.706. The van der Waals surface area contributed by atoms with E-state index in [4.69, 9.17) is 9.97 Å². The first-order valence-corrected chi connectivity index (χ1v) is 19.8. The van der Waals surface area contributed by atoms with Crippen LogP contribution in [0.1, 0.15) is 0 Å². The molecule has 1 heterocycles. The molecular weight excluding hydrogens is 701 g/mol. The van der Waals surface area contributed by atoms with Gasteiger partial charge in [-0.25, -0.2) is 9.97 Å². The van der Waals surface area contributed by atoms with Crippen LogP contribution in [0.15, 0.2) is 218 Å². The second kappa shape index (κ2) is 14.1. The van der Waals surface area contributed by atoms with Gasteiger partial charge in [0, 0.05) is 16.7 Å². The summed E-state index contributed by atoms with van der Waals surface area (Å²) in [6.07, 6.45) is 0. The fourth-order valence-corrected chi connectivity index (χ4v) is 8.65. The summed E-state index contributed by atoms with van der Waals surface area (Å²) in [4.78, 5) is 10.2. The van der Waals surface area contributed by atoms with Crippen molar-refractivity contribution in [1.82, 2.24) is 9.97 Å². The number of rotatable bonds is 6. The van der Waals surface area contributed by atoms with Crippen LogP contribution in [0.5, 0.6) is 0 Å². The van der Waals surface area contributed by atoms with Crippen LogP contribution in [0, 0.1) is 0 Å². The Hall–Kier alpha value is -7.68. The molecule has 1 aromatic heterocycles. The van der Waals surface area contributed by atoms with Crippen LogP contribution < -0.4 is 0 Å². The quantitative estimate of drug-likeness (QED) is 0.125. The van der Waals surface area contributed by atoms with E-state index in [2.05, 4.69) is 194 Å². The molecule has 0 saturated heterocycles. The highest BCUT2D eigenvalue weighted by Crippen LogP contribution is 2.44. The van der Waals surface area contributed by atoms with Crippen molar-refractivity contribution in [3.05, 3.63) is 218 Å². The molecule has 0 aliphatic carbocycles. The Kier molecular flexibility index (Phi) is 8.19. The molecule has 0 spiro atoms. The molecule has 0 aliphatic heterocycles. The average molecular weight is 737 g/mol. The summed E-state index contributed by atoms with van der Waals surface area (Å²) in [5.41, 5.74) is 12.1. The predicted octanol–water partition coefficient (Wildman–Crippen LogP) is 15.1. The van der Waals surface area contributed by atoms with E-state index in [-0.39, 0.29) is 0 Å². The van der Waals surface area contributed by atoms with E-state index in [9.17, 15) is 0 Å². The van der Waals surface area contributed by atoms with Gasteiger partial charge in [0.2, 0.25) is 0 Å². The Balaban J connectivity index is 1.03. The first-order chi connectivity index (χ1) is 28.7. The minimum absolute atomic E-state index is 0.706. The molecule has 0 unspecified atom stereocenters. The molecule has 0 atom stereocenters. The number of nitrogens with zero attached hydrogens (tertiary/aromatic N) is 2. The second-order valence-corrected chi connectivity index (χ2v) is 14.9. The van der Waals surface area contributed by atoms with E-state index in [0.29, 0.717) is 5.82 Å². The van der Waals surface area contributed by atoms with E-state index >= 15 is 0 Å². The lowest BCUT2D eigenvalue weighted by Crippen LogP contribution is -1.96. The summed E-state index contributed by atoms with van der Waals surface area (Å²) >= 11 is 0. The van der Waals surface area contributed by atoms with Gasteiger partial charge in [-0.1, -0.05) is 200 Å². The molecule has 270 valence electrons. The molecule has 10 aromatic carbocycles. The Morgan fingerprint density at radius 1 is 0.241 bits per heavy atom. The summed E-state index contributed by atoms with van der Waals surface area (Å²) in [7, 11) is 0. The van der Waals surface area contributed by atoms with Gasteiger partial charge in [-0.2, -0.15) is 0 Å². The average Bonchev–Trinajstić information content (AvgIpc) is 3.31. The first kappa shape index (κ1) is 33.6. The van der Waals surface area contributed by atoms with Crippen molar-refractivity contribution < 1.29 is 0 Å². The van der Waals surface area contributed by atoms with Crippen LogP contribution in [-0.4, -0.2) is 9.97 Å². The Morgan fingerprint density at radius 3 is 1.55 bits per heavy atom. The SMILES string of the molecule is c1ccc(-c2cccc(-c3cc(-c4ccc(-c5ccc(-c6c7ccccc7cc7c6ccc6ccccc67)c6ccccc56)cc4)nc(-c4ccccc4)n3)c2)cc1. The van der Waals surface area contributed by atoms with Crippen molar-refractivity contribution in [1.29, 1.82) is 0 Å². The third kappa shape index (κ3) is 5.91. The van der Waals surface area contributed by atoms with Crippen LogP contribution in [0.2, 0.25) is 0 Å². The van der Waals surface area contributed by atoms with Gasteiger partial charge in [0.05, 0.1) is 11.4 Å². The van der Waals surface area contributed by atoms with Gasteiger partial charge in [0.25, 0.3) is 0 Å². The van der Waals surface area contributed by atoms with Gasteiger partial charge in [0.15, 0.2) is 5.82 Å². The predicted molar refractivity (Wildman–Crippen MR) is 245 cm³/mol. The molecule has 0 fully saturated rings. The van der Waals surface area contributed by atoms with E-state index in [1.54, 1.807) is 0 Å². The number of hydrogen-bond donors (Lipinski definition) is 0. The molecular formula is C56H36N2. The third-order valence-electron chi connectivity index (χ3n) is 11.5. The summed E-state index contributed by atoms with van der Waals surface area (Å²) in [5, 5.41) is 10.1. The van der Waals surface area contributed by atoms with Gasteiger partial charge in [0.1, 0.15) is 0 Å².